The van der Waals surface area contributed by atoms with Crippen molar-refractivity contribution in [2.45, 2.75) is 13.0 Å². The molecule has 1 aromatic carbocycles. The summed E-state index contributed by atoms with van der Waals surface area (Å²) >= 11 is 3.18. The van der Waals surface area contributed by atoms with E-state index in [1.807, 2.05) is 6.07 Å². The van der Waals surface area contributed by atoms with Crippen LogP contribution >= 0.6 is 15.9 Å². The van der Waals surface area contributed by atoms with Crippen molar-refractivity contribution in [3.8, 4) is 0 Å². The summed E-state index contributed by atoms with van der Waals surface area (Å²) in [4.78, 5) is 22.3. The van der Waals surface area contributed by atoms with E-state index in [1.54, 1.807) is 24.3 Å². The van der Waals surface area contributed by atoms with E-state index in [0.29, 0.717) is 10.9 Å². The highest BCUT2D eigenvalue weighted by molar-refractivity contribution is 9.09. The predicted octanol–water partition coefficient (Wildman–Crippen LogP) is 2.17. The first-order valence-corrected chi connectivity index (χ1v) is 6.21. The van der Waals surface area contributed by atoms with Gasteiger partial charge in [0.05, 0.1) is 5.56 Å². The van der Waals surface area contributed by atoms with Crippen LogP contribution in [0.15, 0.2) is 30.3 Å². The second-order valence-electron chi connectivity index (χ2n) is 3.35. The van der Waals surface area contributed by atoms with E-state index in [4.69, 9.17) is 9.47 Å². The van der Waals surface area contributed by atoms with E-state index in [1.165, 1.54) is 6.92 Å². The number of benzene rings is 1. The second kappa shape index (κ2) is 7.06. The third kappa shape index (κ3) is 4.99. The smallest absolute Gasteiger partial charge is 0.338 e. The molecule has 0 heterocycles. The van der Waals surface area contributed by atoms with Gasteiger partial charge in [-0.05, 0) is 12.1 Å². The molecule has 0 saturated heterocycles. The monoisotopic (exact) mass is 300 g/mol. The zero-order chi connectivity index (χ0) is 12.7. The molecule has 0 amide bonds. The lowest BCUT2D eigenvalue weighted by Crippen LogP contribution is -2.25. The number of hydrogen-bond acceptors (Lipinski definition) is 4. The van der Waals surface area contributed by atoms with Crippen LogP contribution in [0.2, 0.25) is 0 Å². The molecule has 0 bridgehead atoms. The molecule has 1 rings (SSSR count). The molecule has 0 aliphatic carbocycles. The number of ether oxygens (including phenoxy) is 2. The maximum atomic E-state index is 11.6. The van der Waals surface area contributed by atoms with Crippen LogP contribution in [0.5, 0.6) is 0 Å². The SMILES string of the molecule is CC(=O)O[C@@H](CBr)COC(=O)c1ccccc1. The molecule has 0 N–H and O–H groups in total. The summed E-state index contributed by atoms with van der Waals surface area (Å²) in [5.74, 6) is -0.825. The summed E-state index contributed by atoms with van der Waals surface area (Å²) in [7, 11) is 0. The van der Waals surface area contributed by atoms with Gasteiger partial charge >= 0.3 is 11.9 Å². The van der Waals surface area contributed by atoms with Gasteiger partial charge in [0.2, 0.25) is 0 Å². The van der Waals surface area contributed by atoms with E-state index < -0.39 is 18.0 Å². The van der Waals surface area contributed by atoms with Gasteiger partial charge in [0.1, 0.15) is 12.7 Å². The molecule has 0 aliphatic rings. The summed E-state index contributed by atoms with van der Waals surface area (Å²) in [5.41, 5.74) is 0.476. The van der Waals surface area contributed by atoms with E-state index in [0.717, 1.165) is 0 Å². The molecule has 0 spiro atoms. The quantitative estimate of drug-likeness (QED) is 0.618. The Bertz CT molecular complexity index is 377. The average molecular weight is 301 g/mol. The van der Waals surface area contributed by atoms with Crippen LogP contribution in [0.4, 0.5) is 0 Å². The van der Waals surface area contributed by atoms with Crippen LogP contribution in [-0.2, 0) is 14.3 Å². The highest BCUT2D eigenvalue weighted by atomic mass is 79.9. The summed E-state index contributed by atoms with van der Waals surface area (Å²) in [6, 6.07) is 8.65. The Balaban J connectivity index is 2.44. The third-order valence-corrected chi connectivity index (χ3v) is 2.64. The number of hydrogen-bond donors (Lipinski definition) is 0. The van der Waals surface area contributed by atoms with E-state index in [2.05, 4.69) is 15.9 Å². The van der Waals surface area contributed by atoms with Crippen LogP contribution in [0.3, 0.4) is 0 Å². The van der Waals surface area contributed by atoms with E-state index in [9.17, 15) is 9.59 Å². The summed E-state index contributed by atoms with van der Waals surface area (Å²) in [5, 5.41) is 0.425. The minimum absolute atomic E-state index is 0.0402. The van der Waals surface area contributed by atoms with Crippen LogP contribution in [0.25, 0.3) is 0 Å². The van der Waals surface area contributed by atoms with Gasteiger partial charge in [0.15, 0.2) is 0 Å². The normalized spacial score (nSPS) is 11.6. The molecular formula is C12H13BrO4. The topological polar surface area (TPSA) is 52.6 Å². The highest BCUT2D eigenvalue weighted by Crippen LogP contribution is 2.04. The summed E-state index contributed by atoms with van der Waals surface area (Å²) in [6.07, 6.45) is -0.458. The molecule has 0 aliphatic heterocycles. The zero-order valence-electron chi connectivity index (χ0n) is 9.39. The lowest BCUT2D eigenvalue weighted by atomic mass is 10.2. The van der Waals surface area contributed by atoms with Crippen molar-refractivity contribution in [3.63, 3.8) is 0 Å². The molecule has 0 radical (unpaired) electrons. The molecule has 0 unspecified atom stereocenters. The summed E-state index contributed by atoms with van der Waals surface area (Å²) in [6.45, 7) is 1.35. The Hall–Kier alpha value is -1.36. The predicted molar refractivity (Wildman–Crippen MR) is 66.1 cm³/mol. The van der Waals surface area contributed by atoms with E-state index >= 15 is 0 Å². The molecule has 0 saturated carbocycles. The fraction of sp³-hybridized carbons (Fsp3) is 0.333. The first kappa shape index (κ1) is 13.7. The second-order valence-corrected chi connectivity index (χ2v) is 4.00. The van der Waals surface area contributed by atoms with Crippen molar-refractivity contribution in [2.24, 2.45) is 0 Å². The Morgan fingerprint density at radius 1 is 1.29 bits per heavy atom. The maximum Gasteiger partial charge on any atom is 0.338 e. The fourth-order valence-electron chi connectivity index (χ4n) is 1.17. The number of alkyl halides is 1. The van der Waals surface area contributed by atoms with Crippen molar-refractivity contribution in [2.75, 3.05) is 11.9 Å². The Labute approximate surface area is 108 Å². The number of carbonyl (C=O) groups is 2. The molecule has 1 atom stereocenters. The number of esters is 2. The average Bonchev–Trinajstić information content (AvgIpc) is 2.34. The van der Waals surface area contributed by atoms with Gasteiger partial charge in [-0.15, -0.1) is 0 Å². The number of halogens is 1. The summed E-state index contributed by atoms with van der Waals surface area (Å²) < 4.78 is 9.96. The molecule has 92 valence electrons. The van der Waals surface area contributed by atoms with Crippen molar-refractivity contribution >= 4 is 27.9 Å². The maximum absolute atomic E-state index is 11.6. The van der Waals surface area contributed by atoms with Crippen molar-refractivity contribution in [1.29, 1.82) is 0 Å². The Morgan fingerprint density at radius 2 is 1.94 bits per heavy atom. The Morgan fingerprint density at radius 3 is 2.47 bits per heavy atom. The van der Waals surface area contributed by atoms with Crippen molar-refractivity contribution in [3.05, 3.63) is 35.9 Å². The molecule has 5 heteroatoms. The van der Waals surface area contributed by atoms with Crippen LogP contribution in [-0.4, -0.2) is 30.0 Å². The van der Waals surface area contributed by atoms with E-state index in [-0.39, 0.29) is 6.61 Å². The molecule has 1 aromatic rings. The minimum Gasteiger partial charge on any atom is -0.458 e. The van der Waals surface area contributed by atoms with Gasteiger partial charge in [-0.2, -0.15) is 0 Å². The molecule has 0 aromatic heterocycles. The lowest BCUT2D eigenvalue weighted by molar-refractivity contribution is -0.147. The fourth-order valence-corrected chi connectivity index (χ4v) is 1.49. The molecule has 0 fully saturated rings. The number of carbonyl (C=O) groups excluding carboxylic acids is 2. The van der Waals surface area contributed by atoms with Gasteiger partial charge in [0, 0.05) is 12.3 Å². The first-order chi connectivity index (χ1) is 8.13. The third-order valence-electron chi connectivity index (χ3n) is 1.91. The lowest BCUT2D eigenvalue weighted by Gasteiger charge is -2.14. The van der Waals surface area contributed by atoms with Crippen LogP contribution in [0.1, 0.15) is 17.3 Å². The first-order valence-electron chi connectivity index (χ1n) is 5.09. The van der Waals surface area contributed by atoms with Gasteiger partial charge in [-0.1, -0.05) is 34.1 Å². The highest BCUT2D eigenvalue weighted by Gasteiger charge is 2.14. The van der Waals surface area contributed by atoms with Gasteiger partial charge in [-0.25, -0.2) is 4.79 Å². The molecule has 4 nitrogen and oxygen atoms in total. The van der Waals surface area contributed by atoms with Crippen molar-refractivity contribution < 1.29 is 19.1 Å². The largest absolute Gasteiger partial charge is 0.458 e. The van der Waals surface area contributed by atoms with Gasteiger partial charge < -0.3 is 9.47 Å². The zero-order valence-corrected chi connectivity index (χ0v) is 11.0. The minimum atomic E-state index is -0.458. The van der Waals surface area contributed by atoms with Crippen LogP contribution in [0, 0.1) is 0 Å². The van der Waals surface area contributed by atoms with Crippen molar-refractivity contribution in [1.82, 2.24) is 0 Å². The molecular weight excluding hydrogens is 288 g/mol. The van der Waals surface area contributed by atoms with Gasteiger partial charge in [0.25, 0.3) is 0 Å². The standard InChI is InChI=1S/C12H13BrO4/c1-9(14)17-11(7-13)8-16-12(15)10-5-3-2-4-6-10/h2-6,11H,7-8H2,1H3/t11-/m0/s1. The Kier molecular flexibility index (Phi) is 5.69. The molecule has 17 heavy (non-hydrogen) atoms. The van der Waals surface area contributed by atoms with Crippen LogP contribution < -0.4 is 0 Å². The number of rotatable bonds is 5. The van der Waals surface area contributed by atoms with Gasteiger partial charge in [-0.3, -0.25) is 4.79 Å².